The summed E-state index contributed by atoms with van der Waals surface area (Å²) in [4.78, 5) is 23.6. The molecule has 6 nitrogen and oxygen atoms in total. The Morgan fingerprint density at radius 3 is 2.89 bits per heavy atom. The number of fused-ring (bicyclic) bond motifs is 1. The number of carboxylic acids is 1. The van der Waals surface area contributed by atoms with Gasteiger partial charge < -0.3 is 10.4 Å². The average molecular weight is 481 g/mol. The molecule has 5 rings (SSSR count). The van der Waals surface area contributed by atoms with Gasteiger partial charge in [-0.2, -0.15) is 0 Å². The van der Waals surface area contributed by atoms with Gasteiger partial charge in [0.1, 0.15) is 18.0 Å². The van der Waals surface area contributed by atoms with E-state index in [0.717, 1.165) is 74.3 Å². The van der Waals surface area contributed by atoms with Crippen LogP contribution in [0.15, 0.2) is 30.5 Å². The SMILES string of the molecule is O=C(O)[C@H](c1cccnc1C1CCC1)N1CC[C@@H]([C@H](F)CCCCc2ccc3c(n2)NCCC3)C1. The van der Waals surface area contributed by atoms with Crippen LogP contribution in [-0.4, -0.2) is 51.7 Å². The molecule has 1 saturated heterocycles. The number of rotatable bonds is 10. The van der Waals surface area contributed by atoms with Gasteiger partial charge in [0.2, 0.25) is 0 Å². The fourth-order valence-electron chi connectivity index (χ4n) is 5.90. The highest BCUT2D eigenvalue weighted by atomic mass is 19.1. The lowest BCUT2D eigenvalue weighted by Crippen LogP contribution is -2.34. The van der Waals surface area contributed by atoms with Crippen molar-refractivity contribution in [3.05, 3.63) is 53.0 Å². The zero-order valence-electron chi connectivity index (χ0n) is 20.5. The number of pyridine rings is 2. The molecule has 2 aliphatic heterocycles. The molecule has 1 saturated carbocycles. The fraction of sp³-hybridized carbons (Fsp3) is 0.607. The van der Waals surface area contributed by atoms with Crippen molar-refractivity contribution in [2.45, 2.75) is 82.3 Å². The van der Waals surface area contributed by atoms with Gasteiger partial charge in [-0.3, -0.25) is 14.7 Å². The first kappa shape index (κ1) is 24.2. The van der Waals surface area contributed by atoms with Crippen molar-refractivity contribution in [1.29, 1.82) is 0 Å². The second-order valence-electron chi connectivity index (χ2n) is 10.5. The number of hydrogen-bond donors (Lipinski definition) is 2. The number of nitrogens with zero attached hydrogens (tertiary/aromatic N) is 3. The summed E-state index contributed by atoms with van der Waals surface area (Å²) in [5, 5.41) is 13.5. The van der Waals surface area contributed by atoms with Crippen molar-refractivity contribution in [3.63, 3.8) is 0 Å². The van der Waals surface area contributed by atoms with Crippen LogP contribution in [0.5, 0.6) is 0 Å². The van der Waals surface area contributed by atoms with E-state index in [0.29, 0.717) is 31.8 Å². The molecule has 2 fully saturated rings. The Morgan fingerprint density at radius 2 is 2.09 bits per heavy atom. The van der Waals surface area contributed by atoms with Gasteiger partial charge >= 0.3 is 5.97 Å². The van der Waals surface area contributed by atoms with E-state index < -0.39 is 18.2 Å². The topological polar surface area (TPSA) is 78.3 Å². The number of alkyl halides is 1. The van der Waals surface area contributed by atoms with E-state index >= 15 is 4.39 Å². The van der Waals surface area contributed by atoms with Crippen LogP contribution in [0.3, 0.4) is 0 Å². The van der Waals surface area contributed by atoms with Crippen molar-refractivity contribution in [1.82, 2.24) is 14.9 Å². The van der Waals surface area contributed by atoms with Gasteiger partial charge in [-0.1, -0.05) is 25.0 Å². The maximum absolute atomic E-state index is 15.2. The third-order valence-corrected chi connectivity index (χ3v) is 8.14. The first-order valence-corrected chi connectivity index (χ1v) is 13.4. The minimum atomic E-state index is -0.896. The molecule has 0 amide bonds. The Labute approximate surface area is 207 Å². The van der Waals surface area contributed by atoms with Crippen molar-refractivity contribution in [3.8, 4) is 0 Å². The van der Waals surface area contributed by atoms with E-state index in [2.05, 4.69) is 22.4 Å². The molecule has 7 heteroatoms. The van der Waals surface area contributed by atoms with Gasteiger partial charge in [-0.15, -0.1) is 0 Å². The molecule has 0 unspecified atom stereocenters. The van der Waals surface area contributed by atoms with Gasteiger partial charge in [0.15, 0.2) is 0 Å². The van der Waals surface area contributed by atoms with E-state index in [1.54, 1.807) is 6.20 Å². The molecule has 3 aliphatic rings. The Morgan fingerprint density at radius 1 is 1.20 bits per heavy atom. The normalized spacial score (nSPS) is 22.1. The van der Waals surface area contributed by atoms with Gasteiger partial charge in [0, 0.05) is 48.1 Å². The monoisotopic (exact) mass is 480 g/mol. The maximum Gasteiger partial charge on any atom is 0.325 e. The van der Waals surface area contributed by atoms with Gasteiger partial charge in [0.05, 0.1) is 0 Å². The van der Waals surface area contributed by atoms with Crippen LogP contribution in [-0.2, 0) is 17.6 Å². The largest absolute Gasteiger partial charge is 0.480 e. The van der Waals surface area contributed by atoms with Crippen molar-refractivity contribution >= 4 is 11.8 Å². The average Bonchev–Trinajstić information content (AvgIpc) is 3.31. The zero-order chi connectivity index (χ0) is 24.2. The first-order chi connectivity index (χ1) is 17.1. The Balaban J connectivity index is 1.13. The highest BCUT2D eigenvalue weighted by Crippen LogP contribution is 2.40. The number of aryl methyl sites for hydroxylation is 2. The predicted octanol–water partition coefficient (Wildman–Crippen LogP) is 5.30. The van der Waals surface area contributed by atoms with Crippen LogP contribution >= 0.6 is 0 Å². The molecule has 2 aromatic rings. The summed E-state index contributed by atoms with van der Waals surface area (Å²) in [5.41, 5.74) is 4.09. The molecule has 0 bridgehead atoms. The molecular weight excluding hydrogens is 443 g/mol. The van der Waals surface area contributed by atoms with E-state index in [4.69, 9.17) is 4.98 Å². The number of carbonyl (C=O) groups is 1. The molecule has 3 atom stereocenters. The fourth-order valence-corrected chi connectivity index (χ4v) is 5.90. The number of carboxylic acid groups (broad SMARTS) is 1. The summed E-state index contributed by atoms with van der Waals surface area (Å²) >= 11 is 0. The molecule has 0 radical (unpaired) electrons. The predicted molar refractivity (Wildman–Crippen MR) is 134 cm³/mol. The second kappa shape index (κ2) is 11.0. The standard InChI is InChI=1S/C28H37FN4O2/c29-24(11-2-1-9-22-13-12-20-8-4-16-31-27(20)32-22)21-14-17-33(18-21)26(28(34)35)23-10-5-15-30-25(23)19-6-3-7-19/h5,10,12-13,15,19,21,24,26H,1-4,6-9,11,14,16-18H2,(H,31,32)(H,34,35)/t21-,24-,26+/m1/s1. The van der Waals surface area contributed by atoms with Crippen LogP contribution in [0.4, 0.5) is 10.2 Å². The Kier molecular flexibility index (Phi) is 7.61. The highest BCUT2D eigenvalue weighted by Gasteiger charge is 2.39. The summed E-state index contributed by atoms with van der Waals surface area (Å²) in [6, 6.07) is 7.28. The molecular formula is C28H37FN4O2. The smallest absolute Gasteiger partial charge is 0.325 e. The van der Waals surface area contributed by atoms with Crippen LogP contribution < -0.4 is 5.32 Å². The highest BCUT2D eigenvalue weighted by molar-refractivity contribution is 5.76. The van der Waals surface area contributed by atoms with Crippen LogP contribution in [0, 0.1) is 5.92 Å². The van der Waals surface area contributed by atoms with E-state index in [-0.39, 0.29) is 5.92 Å². The molecule has 2 aromatic heterocycles. The van der Waals surface area contributed by atoms with Gasteiger partial charge in [0.25, 0.3) is 0 Å². The van der Waals surface area contributed by atoms with E-state index in [9.17, 15) is 9.90 Å². The lowest BCUT2D eigenvalue weighted by molar-refractivity contribution is -0.143. The van der Waals surface area contributed by atoms with E-state index in [1.165, 1.54) is 12.0 Å². The number of halogens is 1. The summed E-state index contributed by atoms with van der Waals surface area (Å²) < 4.78 is 15.2. The Hall–Kier alpha value is -2.54. The molecule has 0 spiro atoms. The van der Waals surface area contributed by atoms with Gasteiger partial charge in [-0.05, 0) is 75.6 Å². The second-order valence-corrected chi connectivity index (χ2v) is 10.5. The van der Waals surface area contributed by atoms with E-state index in [1.807, 2.05) is 17.0 Å². The third-order valence-electron chi connectivity index (χ3n) is 8.14. The zero-order valence-corrected chi connectivity index (χ0v) is 20.5. The summed E-state index contributed by atoms with van der Waals surface area (Å²) in [7, 11) is 0. The number of hydrogen-bond acceptors (Lipinski definition) is 5. The number of anilines is 1. The number of likely N-dealkylation sites (tertiary alicyclic amines) is 1. The van der Waals surface area contributed by atoms with Crippen molar-refractivity contribution in [2.24, 2.45) is 5.92 Å². The number of aliphatic carboxylic acids is 1. The number of unbranched alkanes of at least 4 members (excludes halogenated alkanes) is 1. The molecule has 0 aromatic carbocycles. The lowest BCUT2D eigenvalue weighted by Gasteiger charge is -2.31. The Bertz CT molecular complexity index is 1030. The molecule has 188 valence electrons. The molecule has 4 heterocycles. The van der Waals surface area contributed by atoms with Crippen molar-refractivity contribution < 1.29 is 14.3 Å². The minimum Gasteiger partial charge on any atom is -0.480 e. The summed E-state index contributed by atoms with van der Waals surface area (Å²) in [6.45, 7) is 2.10. The number of aromatic nitrogens is 2. The summed E-state index contributed by atoms with van der Waals surface area (Å²) in [6.07, 6.45) is 10.3. The minimum absolute atomic E-state index is 0.105. The third kappa shape index (κ3) is 5.50. The summed E-state index contributed by atoms with van der Waals surface area (Å²) in [5.74, 6) is 0.416. The first-order valence-electron chi connectivity index (χ1n) is 13.4. The molecule has 1 aliphatic carbocycles. The van der Waals surface area contributed by atoms with Crippen LogP contribution in [0.2, 0.25) is 0 Å². The quantitative estimate of drug-likeness (QED) is 0.449. The number of nitrogens with one attached hydrogen (secondary N) is 1. The van der Waals surface area contributed by atoms with Crippen LogP contribution in [0.25, 0.3) is 0 Å². The van der Waals surface area contributed by atoms with Crippen LogP contribution in [0.1, 0.15) is 85.8 Å². The van der Waals surface area contributed by atoms with Gasteiger partial charge in [-0.25, -0.2) is 9.37 Å². The maximum atomic E-state index is 15.2. The lowest BCUT2D eigenvalue weighted by atomic mass is 9.80. The van der Waals surface area contributed by atoms with Crippen molar-refractivity contribution in [2.75, 3.05) is 25.0 Å². The molecule has 35 heavy (non-hydrogen) atoms. The molecule has 2 N–H and O–H groups in total.